The summed E-state index contributed by atoms with van der Waals surface area (Å²) in [5, 5.41) is 8.08. The molecule has 0 amide bonds. The number of oxazole rings is 1. The molecule has 7 heteroatoms. The summed E-state index contributed by atoms with van der Waals surface area (Å²) in [5.74, 6) is 0.553. The van der Waals surface area contributed by atoms with Crippen molar-refractivity contribution >= 4 is 5.97 Å². The first-order valence-electron chi connectivity index (χ1n) is 9.21. The molecule has 0 aliphatic carbocycles. The molecule has 0 fully saturated rings. The minimum Gasteiger partial charge on any atom is -0.454 e. The highest BCUT2D eigenvalue weighted by atomic mass is 16.5. The van der Waals surface area contributed by atoms with Gasteiger partial charge in [-0.15, -0.1) is 5.10 Å². The van der Waals surface area contributed by atoms with Gasteiger partial charge in [0.1, 0.15) is 18.1 Å². The number of ether oxygens (including phenoxy) is 1. The van der Waals surface area contributed by atoms with E-state index in [4.69, 9.17) is 9.15 Å². The Kier molecular flexibility index (Phi) is 4.95. The third-order valence-corrected chi connectivity index (χ3v) is 4.62. The molecule has 0 bridgehead atoms. The highest BCUT2D eigenvalue weighted by Gasteiger charge is 2.20. The highest BCUT2D eigenvalue weighted by Crippen LogP contribution is 2.22. The summed E-state index contributed by atoms with van der Waals surface area (Å²) < 4.78 is 12.7. The summed E-state index contributed by atoms with van der Waals surface area (Å²) in [5.41, 5.74) is 4.20. The van der Waals surface area contributed by atoms with E-state index in [1.165, 1.54) is 0 Å². The fourth-order valence-corrected chi connectivity index (χ4v) is 2.92. The highest BCUT2D eigenvalue weighted by molar-refractivity contribution is 5.88. The number of benzene rings is 2. The van der Waals surface area contributed by atoms with E-state index in [2.05, 4.69) is 15.3 Å². The molecule has 0 aliphatic rings. The summed E-state index contributed by atoms with van der Waals surface area (Å²) in [6.07, 6.45) is 0. The van der Waals surface area contributed by atoms with Crippen molar-refractivity contribution in [2.75, 3.05) is 0 Å². The van der Waals surface area contributed by atoms with Crippen LogP contribution in [0.2, 0.25) is 0 Å². The summed E-state index contributed by atoms with van der Waals surface area (Å²) in [6.45, 7) is 5.58. The molecule has 0 spiro atoms. The van der Waals surface area contributed by atoms with Gasteiger partial charge in [0.05, 0.1) is 11.4 Å². The normalized spacial score (nSPS) is 10.9. The van der Waals surface area contributed by atoms with Crippen molar-refractivity contribution in [3.05, 3.63) is 83.0 Å². The number of aryl methyl sites for hydroxylation is 2. The van der Waals surface area contributed by atoms with Crippen molar-refractivity contribution in [2.45, 2.75) is 27.4 Å². The van der Waals surface area contributed by atoms with Crippen LogP contribution in [-0.2, 0) is 11.3 Å². The molecule has 146 valence electrons. The Balaban J connectivity index is 1.48. The molecule has 0 atom stereocenters. The number of rotatable bonds is 5. The Labute approximate surface area is 168 Å². The second-order valence-electron chi connectivity index (χ2n) is 6.73. The smallest absolute Gasteiger partial charge is 0.361 e. The van der Waals surface area contributed by atoms with Gasteiger partial charge in [0, 0.05) is 5.56 Å². The van der Waals surface area contributed by atoms with E-state index >= 15 is 0 Å². The average Bonchev–Trinajstić information content (AvgIpc) is 3.30. The van der Waals surface area contributed by atoms with Crippen molar-refractivity contribution in [3.8, 4) is 17.1 Å². The summed E-state index contributed by atoms with van der Waals surface area (Å²) in [6, 6.07) is 17.4. The van der Waals surface area contributed by atoms with E-state index in [0.29, 0.717) is 23.0 Å². The minimum atomic E-state index is -0.551. The fourth-order valence-electron chi connectivity index (χ4n) is 2.92. The molecule has 4 rings (SSSR count). The predicted molar refractivity (Wildman–Crippen MR) is 107 cm³/mol. The van der Waals surface area contributed by atoms with Crippen molar-refractivity contribution in [2.24, 2.45) is 0 Å². The Hall–Kier alpha value is -3.74. The summed E-state index contributed by atoms with van der Waals surface area (Å²) in [7, 11) is 0. The zero-order valence-electron chi connectivity index (χ0n) is 16.4. The Bertz CT molecular complexity index is 1140. The van der Waals surface area contributed by atoms with Gasteiger partial charge in [0.25, 0.3) is 0 Å². The Morgan fingerprint density at radius 1 is 1.03 bits per heavy atom. The number of aromatic nitrogens is 4. The number of hydrogen-bond donors (Lipinski definition) is 0. The average molecular weight is 388 g/mol. The van der Waals surface area contributed by atoms with Gasteiger partial charge < -0.3 is 9.15 Å². The fraction of sp³-hybridized carbons (Fsp3) is 0.182. The first-order chi connectivity index (χ1) is 14.0. The van der Waals surface area contributed by atoms with Gasteiger partial charge in [0.15, 0.2) is 5.69 Å². The monoisotopic (exact) mass is 388 g/mol. The summed E-state index contributed by atoms with van der Waals surface area (Å²) in [4.78, 5) is 17.0. The first-order valence-corrected chi connectivity index (χ1v) is 9.21. The van der Waals surface area contributed by atoms with Crippen LogP contribution in [0.1, 0.15) is 33.2 Å². The number of esters is 1. The van der Waals surface area contributed by atoms with Crippen LogP contribution in [0.15, 0.2) is 59.0 Å². The van der Waals surface area contributed by atoms with Gasteiger partial charge in [0.2, 0.25) is 5.89 Å². The molecule has 29 heavy (non-hydrogen) atoms. The molecule has 2 aromatic heterocycles. The molecule has 0 saturated carbocycles. The van der Waals surface area contributed by atoms with E-state index in [-0.39, 0.29) is 12.3 Å². The zero-order chi connectivity index (χ0) is 20.4. The molecule has 0 aliphatic heterocycles. The van der Waals surface area contributed by atoms with E-state index in [0.717, 1.165) is 16.8 Å². The van der Waals surface area contributed by atoms with Crippen LogP contribution in [-0.4, -0.2) is 25.9 Å². The molecule has 0 radical (unpaired) electrons. The molecule has 7 nitrogen and oxygen atoms in total. The summed E-state index contributed by atoms with van der Waals surface area (Å²) >= 11 is 0. The van der Waals surface area contributed by atoms with Crippen molar-refractivity contribution in [1.29, 1.82) is 0 Å². The van der Waals surface area contributed by atoms with Crippen LogP contribution in [0.3, 0.4) is 0 Å². The van der Waals surface area contributed by atoms with Crippen LogP contribution in [0.4, 0.5) is 0 Å². The van der Waals surface area contributed by atoms with Gasteiger partial charge in [-0.1, -0.05) is 41.1 Å². The van der Waals surface area contributed by atoms with E-state index in [9.17, 15) is 4.79 Å². The minimum absolute atomic E-state index is 0.00215. The maximum absolute atomic E-state index is 12.5. The second kappa shape index (κ2) is 7.71. The van der Waals surface area contributed by atoms with E-state index < -0.39 is 5.97 Å². The molecule has 4 aromatic rings. The topological polar surface area (TPSA) is 83.0 Å². The number of carbonyl (C=O) groups excluding carboxylic acids is 1. The van der Waals surface area contributed by atoms with E-state index in [1.807, 2.05) is 61.5 Å². The number of carbonyl (C=O) groups is 1. The van der Waals surface area contributed by atoms with Crippen LogP contribution < -0.4 is 0 Å². The lowest BCUT2D eigenvalue weighted by atomic mass is 10.2. The molecule has 2 aromatic carbocycles. The standard InChI is InChI=1S/C22H20N4O3/c1-14-9-11-18(12-10-14)26-15(2)20(24-25-26)22(27)28-13-19-16(3)29-21(23-19)17-7-5-4-6-8-17/h4-12H,13H2,1-3H3. The van der Waals surface area contributed by atoms with Gasteiger partial charge in [-0.2, -0.15) is 0 Å². The predicted octanol–water partition coefficient (Wildman–Crippen LogP) is 4.20. The Morgan fingerprint density at radius 2 is 1.76 bits per heavy atom. The quantitative estimate of drug-likeness (QED) is 0.477. The largest absolute Gasteiger partial charge is 0.454 e. The number of nitrogens with zero attached hydrogens (tertiary/aromatic N) is 4. The maximum atomic E-state index is 12.5. The third-order valence-electron chi connectivity index (χ3n) is 4.62. The third kappa shape index (κ3) is 3.80. The van der Waals surface area contributed by atoms with Crippen molar-refractivity contribution in [3.63, 3.8) is 0 Å². The first kappa shape index (κ1) is 18.6. The van der Waals surface area contributed by atoms with Crippen molar-refractivity contribution < 1.29 is 13.9 Å². The SMILES string of the molecule is Cc1ccc(-n2nnc(C(=O)OCc3nc(-c4ccccc4)oc3C)c2C)cc1. The lowest BCUT2D eigenvalue weighted by Crippen LogP contribution is -2.09. The van der Waals surface area contributed by atoms with E-state index in [1.54, 1.807) is 18.5 Å². The molecule has 0 saturated heterocycles. The van der Waals surface area contributed by atoms with Crippen LogP contribution in [0.25, 0.3) is 17.1 Å². The zero-order valence-corrected chi connectivity index (χ0v) is 16.4. The van der Waals surface area contributed by atoms with Gasteiger partial charge in [-0.3, -0.25) is 0 Å². The maximum Gasteiger partial charge on any atom is 0.361 e. The molecular formula is C22H20N4O3. The lowest BCUT2D eigenvalue weighted by Gasteiger charge is -2.04. The van der Waals surface area contributed by atoms with Crippen LogP contribution in [0.5, 0.6) is 0 Å². The van der Waals surface area contributed by atoms with Gasteiger partial charge >= 0.3 is 5.97 Å². The Morgan fingerprint density at radius 3 is 2.48 bits per heavy atom. The molecular weight excluding hydrogens is 368 g/mol. The van der Waals surface area contributed by atoms with Gasteiger partial charge in [-0.05, 0) is 45.0 Å². The van der Waals surface area contributed by atoms with Crippen LogP contribution in [0, 0.1) is 20.8 Å². The molecule has 0 unspecified atom stereocenters. The van der Waals surface area contributed by atoms with Gasteiger partial charge in [-0.25, -0.2) is 14.5 Å². The second-order valence-corrected chi connectivity index (χ2v) is 6.73. The molecule has 2 heterocycles. The molecule has 0 N–H and O–H groups in total. The van der Waals surface area contributed by atoms with Crippen molar-refractivity contribution in [1.82, 2.24) is 20.0 Å². The lowest BCUT2D eigenvalue weighted by molar-refractivity contribution is 0.0459. The van der Waals surface area contributed by atoms with Crippen LogP contribution >= 0.6 is 0 Å². The number of hydrogen-bond acceptors (Lipinski definition) is 6.